The minimum absolute atomic E-state index is 0.105. The van der Waals surface area contributed by atoms with Crippen molar-refractivity contribution in [2.45, 2.75) is 50.9 Å². The molecule has 1 heterocycles. The molecule has 0 saturated heterocycles. The van der Waals surface area contributed by atoms with Crippen LogP contribution in [0.1, 0.15) is 48.7 Å². The Labute approximate surface area is 203 Å². The number of anilines is 1. The van der Waals surface area contributed by atoms with E-state index in [0.29, 0.717) is 31.7 Å². The number of aryl methyl sites for hydroxylation is 1. The van der Waals surface area contributed by atoms with E-state index in [4.69, 9.17) is 4.74 Å². The molecule has 3 N–H and O–H groups in total. The molecule has 0 spiro atoms. The fraction of sp³-hybridized carbons (Fsp3) is 0.455. The summed E-state index contributed by atoms with van der Waals surface area (Å²) in [5.41, 5.74) is -2.23. The summed E-state index contributed by atoms with van der Waals surface area (Å²) >= 11 is 0. The van der Waals surface area contributed by atoms with Gasteiger partial charge in [0.05, 0.1) is 18.2 Å². The predicted octanol–water partition coefficient (Wildman–Crippen LogP) is 3.97. The zero-order valence-electron chi connectivity index (χ0n) is 19.5. The van der Waals surface area contributed by atoms with E-state index >= 15 is 0 Å². The third kappa shape index (κ3) is 7.39. The van der Waals surface area contributed by atoms with Gasteiger partial charge >= 0.3 is 12.3 Å². The van der Waals surface area contributed by atoms with E-state index < -0.39 is 41.1 Å². The van der Waals surface area contributed by atoms with Crippen LogP contribution in [-0.2, 0) is 18.0 Å². The molecular formula is C22H25F5N6O3. The second-order valence-electron chi connectivity index (χ2n) is 8.15. The first-order valence-corrected chi connectivity index (χ1v) is 11.1. The molecule has 1 aromatic heterocycles. The lowest BCUT2D eigenvalue weighted by Crippen LogP contribution is -2.40. The molecule has 0 aliphatic heterocycles. The molecule has 196 valence electrons. The number of nitrogens with zero attached hydrogens (tertiary/aromatic N) is 3. The Morgan fingerprint density at radius 2 is 1.78 bits per heavy atom. The Morgan fingerprint density at radius 3 is 2.36 bits per heavy atom. The monoisotopic (exact) mass is 516 g/mol. The summed E-state index contributed by atoms with van der Waals surface area (Å²) in [6.07, 6.45) is -2.51. The lowest BCUT2D eigenvalue weighted by molar-refractivity contribution is -0.141. The van der Waals surface area contributed by atoms with Gasteiger partial charge in [-0.3, -0.25) is 14.8 Å². The van der Waals surface area contributed by atoms with Gasteiger partial charge in [-0.15, -0.1) is 0 Å². The van der Waals surface area contributed by atoms with Crippen LogP contribution in [0.4, 0.5) is 32.4 Å². The fourth-order valence-electron chi connectivity index (χ4n) is 3.77. The van der Waals surface area contributed by atoms with Gasteiger partial charge in [0.2, 0.25) is 5.96 Å². The number of guanidine groups is 1. The summed E-state index contributed by atoms with van der Waals surface area (Å²) in [6.45, 7) is 1.91. The van der Waals surface area contributed by atoms with Crippen molar-refractivity contribution in [1.82, 2.24) is 20.4 Å². The highest BCUT2D eigenvalue weighted by molar-refractivity contribution is 6.10. The van der Waals surface area contributed by atoms with E-state index in [-0.39, 0.29) is 30.3 Å². The number of aliphatic imine (C=N–C) groups is 1. The van der Waals surface area contributed by atoms with Crippen molar-refractivity contribution in [2.24, 2.45) is 12.0 Å². The molecule has 9 nitrogen and oxygen atoms in total. The van der Waals surface area contributed by atoms with Crippen LogP contribution in [0.25, 0.3) is 0 Å². The molecule has 0 atom stereocenters. The maximum absolute atomic E-state index is 13.7. The maximum atomic E-state index is 13.7. The highest BCUT2D eigenvalue weighted by Gasteiger charge is 2.39. The molecular weight excluding hydrogens is 491 g/mol. The molecule has 1 aliphatic rings. The summed E-state index contributed by atoms with van der Waals surface area (Å²) in [7, 11) is 1.23. The number of aromatic nitrogens is 2. The molecule has 2 aromatic rings. The van der Waals surface area contributed by atoms with Crippen molar-refractivity contribution in [1.29, 1.82) is 0 Å². The zero-order valence-corrected chi connectivity index (χ0v) is 19.5. The number of nitrogens with one attached hydrogen (secondary N) is 3. The number of benzene rings is 1. The number of hydrogen-bond acceptors (Lipinski definition) is 5. The number of alkyl carbamates (subject to hydrolysis) is 1. The quantitative estimate of drug-likeness (QED) is 0.317. The van der Waals surface area contributed by atoms with Gasteiger partial charge in [-0.2, -0.15) is 18.3 Å². The molecule has 14 heteroatoms. The Kier molecular flexibility index (Phi) is 8.48. The smallest absolute Gasteiger partial charge is 0.435 e. The van der Waals surface area contributed by atoms with Crippen LogP contribution in [0.3, 0.4) is 0 Å². The molecule has 1 saturated carbocycles. The number of ether oxygens (including phenoxy) is 1. The second-order valence-corrected chi connectivity index (χ2v) is 8.15. The average molecular weight is 516 g/mol. The number of rotatable bonds is 5. The highest BCUT2D eigenvalue weighted by atomic mass is 19.4. The predicted molar refractivity (Wildman–Crippen MR) is 119 cm³/mol. The SMILES string of the molecule is CCOC(=O)NC1CCC(N=C(NC(=O)c2cn(C)nc2C(F)(F)F)Nc2cc(F)cc(F)c2)CC1. The number of halogens is 5. The summed E-state index contributed by atoms with van der Waals surface area (Å²) in [6, 6.07) is 1.99. The third-order valence-electron chi connectivity index (χ3n) is 5.30. The van der Waals surface area contributed by atoms with Gasteiger partial charge in [0.25, 0.3) is 5.91 Å². The molecule has 2 amide bonds. The zero-order chi connectivity index (χ0) is 26.5. The van der Waals surface area contributed by atoms with Gasteiger partial charge in [-0.25, -0.2) is 18.6 Å². The normalized spacial score (nSPS) is 18.5. The Morgan fingerprint density at radius 1 is 1.14 bits per heavy atom. The van der Waals surface area contributed by atoms with Crippen molar-refractivity contribution >= 4 is 23.6 Å². The van der Waals surface area contributed by atoms with Crippen molar-refractivity contribution < 1.29 is 36.3 Å². The second kappa shape index (κ2) is 11.4. The number of alkyl halides is 3. The minimum Gasteiger partial charge on any atom is -0.450 e. The molecule has 0 bridgehead atoms. The van der Waals surface area contributed by atoms with Crippen molar-refractivity contribution in [3.05, 3.63) is 47.3 Å². The summed E-state index contributed by atoms with van der Waals surface area (Å²) in [4.78, 5) is 28.7. The number of hydrogen-bond donors (Lipinski definition) is 3. The van der Waals surface area contributed by atoms with Crippen LogP contribution in [0.2, 0.25) is 0 Å². The lowest BCUT2D eigenvalue weighted by Gasteiger charge is -2.27. The van der Waals surface area contributed by atoms with Crippen LogP contribution in [0, 0.1) is 11.6 Å². The summed E-state index contributed by atoms with van der Waals surface area (Å²) in [5, 5.41) is 10.9. The summed E-state index contributed by atoms with van der Waals surface area (Å²) in [5.74, 6) is -3.25. The van der Waals surface area contributed by atoms with E-state index in [0.717, 1.165) is 23.0 Å². The first kappa shape index (κ1) is 26.9. The van der Waals surface area contributed by atoms with E-state index in [9.17, 15) is 31.5 Å². The lowest BCUT2D eigenvalue weighted by atomic mass is 9.92. The van der Waals surface area contributed by atoms with Crippen molar-refractivity contribution in [3.8, 4) is 0 Å². The van der Waals surface area contributed by atoms with Crippen LogP contribution in [0.15, 0.2) is 29.4 Å². The van der Waals surface area contributed by atoms with Crippen LogP contribution in [0.5, 0.6) is 0 Å². The van der Waals surface area contributed by atoms with Crippen LogP contribution >= 0.6 is 0 Å². The average Bonchev–Trinajstić information content (AvgIpc) is 3.17. The highest BCUT2D eigenvalue weighted by Crippen LogP contribution is 2.30. The van der Waals surface area contributed by atoms with Crippen LogP contribution in [-0.4, -0.2) is 46.4 Å². The van der Waals surface area contributed by atoms with E-state index in [2.05, 4.69) is 26.0 Å². The minimum atomic E-state index is -4.88. The van der Waals surface area contributed by atoms with Gasteiger partial charge in [0, 0.05) is 31.0 Å². The molecule has 1 aromatic carbocycles. The van der Waals surface area contributed by atoms with Gasteiger partial charge in [0.15, 0.2) is 5.69 Å². The number of amides is 2. The molecule has 1 fully saturated rings. The van der Waals surface area contributed by atoms with Crippen molar-refractivity contribution in [3.63, 3.8) is 0 Å². The topological polar surface area (TPSA) is 110 Å². The fourth-order valence-corrected chi connectivity index (χ4v) is 3.77. The van der Waals surface area contributed by atoms with E-state index in [1.807, 2.05) is 0 Å². The maximum Gasteiger partial charge on any atom is 0.435 e. The van der Waals surface area contributed by atoms with E-state index in [1.54, 1.807) is 6.92 Å². The van der Waals surface area contributed by atoms with Gasteiger partial charge in [-0.1, -0.05) is 0 Å². The summed E-state index contributed by atoms with van der Waals surface area (Å²) < 4.78 is 73.0. The molecule has 36 heavy (non-hydrogen) atoms. The van der Waals surface area contributed by atoms with Crippen molar-refractivity contribution in [2.75, 3.05) is 11.9 Å². The molecule has 0 unspecified atom stereocenters. The largest absolute Gasteiger partial charge is 0.450 e. The standard InChI is InChI=1S/C22H25F5N6O3/c1-3-36-21(35)30-15-6-4-14(5-7-15)28-20(29-16-9-12(23)8-13(24)10-16)31-19(34)17-11-33(2)32-18(17)22(25,26)27/h8-11,14-15H,3-7H2,1-2H3,(H,30,35)(H2,28,29,31,34). The molecule has 1 aliphatic carbocycles. The first-order chi connectivity index (χ1) is 16.9. The third-order valence-corrected chi connectivity index (χ3v) is 5.30. The molecule has 3 rings (SSSR count). The Hall–Kier alpha value is -3.71. The van der Waals surface area contributed by atoms with Gasteiger partial charge in [0.1, 0.15) is 11.6 Å². The number of carbonyl (C=O) groups excluding carboxylic acids is 2. The van der Waals surface area contributed by atoms with E-state index in [1.165, 1.54) is 7.05 Å². The Balaban J connectivity index is 1.80. The number of carbonyl (C=O) groups is 2. The molecule has 0 radical (unpaired) electrons. The first-order valence-electron chi connectivity index (χ1n) is 11.1. The Bertz CT molecular complexity index is 1110. The van der Waals surface area contributed by atoms with Gasteiger partial charge in [-0.05, 0) is 44.7 Å². The van der Waals surface area contributed by atoms with Crippen LogP contribution < -0.4 is 16.0 Å². The van der Waals surface area contributed by atoms with Gasteiger partial charge < -0.3 is 15.4 Å².